The van der Waals surface area contributed by atoms with E-state index in [9.17, 15) is 0 Å². The molecule has 0 aliphatic heterocycles. The molecule has 0 aromatic heterocycles. The molecule has 0 heterocycles. The second-order valence-corrected chi connectivity index (χ2v) is 3.96. The molecular formula is C9H18Si. The molecule has 0 bridgehead atoms. The van der Waals surface area contributed by atoms with Gasteiger partial charge in [-0.05, 0) is 13.3 Å². The molecule has 0 amide bonds. The Bertz CT molecular complexity index is 76.8. The van der Waals surface area contributed by atoms with Crippen LogP contribution < -0.4 is 0 Å². The second kappa shape index (κ2) is 8.96. The minimum Gasteiger partial charge on any atom is -0.0917 e. The van der Waals surface area contributed by atoms with Crippen LogP contribution >= 0.6 is 0 Å². The number of hydrogen-bond donors (Lipinski definition) is 0. The average molecular weight is 154 g/mol. The van der Waals surface area contributed by atoms with Crippen LogP contribution in [0.4, 0.5) is 0 Å². The quantitative estimate of drug-likeness (QED) is 0.313. The van der Waals surface area contributed by atoms with Gasteiger partial charge in [0.25, 0.3) is 0 Å². The van der Waals surface area contributed by atoms with Crippen molar-refractivity contribution in [3.05, 3.63) is 12.2 Å². The molecule has 0 unspecified atom stereocenters. The van der Waals surface area contributed by atoms with Crippen molar-refractivity contribution in [1.82, 2.24) is 0 Å². The molecule has 0 N–H and O–H groups in total. The third-order valence-electron chi connectivity index (χ3n) is 1.43. The second-order valence-electron chi connectivity index (χ2n) is 2.46. The standard InChI is InChI=1S/C9H18Si/c1-3-5-7-9-10-8-6-4-2/h3,5H,4,6-9H2,1-2H3/b5-3+. The maximum absolute atomic E-state index is 2.26. The van der Waals surface area contributed by atoms with Gasteiger partial charge in [-0.1, -0.05) is 44.0 Å². The fraction of sp³-hybridized carbons (Fsp3) is 0.778. The first kappa shape index (κ1) is 9.96. The summed E-state index contributed by atoms with van der Waals surface area (Å²) in [6, 6.07) is 2.86. The molecule has 58 valence electrons. The Hall–Kier alpha value is -0.0431. The highest BCUT2D eigenvalue weighted by molar-refractivity contribution is 6.35. The van der Waals surface area contributed by atoms with Crippen molar-refractivity contribution in [2.45, 2.75) is 45.2 Å². The molecule has 10 heavy (non-hydrogen) atoms. The zero-order valence-electron chi connectivity index (χ0n) is 7.19. The van der Waals surface area contributed by atoms with Crippen molar-refractivity contribution in [3.63, 3.8) is 0 Å². The molecule has 1 heteroatoms. The maximum Gasteiger partial charge on any atom is 0.0381 e. The van der Waals surface area contributed by atoms with E-state index in [1.165, 1.54) is 40.9 Å². The van der Waals surface area contributed by atoms with E-state index in [4.69, 9.17) is 0 Å². The predicted octanol–water partition coefficient (Wildman–Crippen LogP) is 3.29. The van der Waals surface area contributed by atoms with Gasteiger partial charge in [0.15, 0.2) is 0 Å². The molecule has 0 aliphatic rings. The third-order valence-corrected chi connectivity index (χ3v) is 2.78. The van der Waals surface area contributed by atoms with E-state index in [0.717, 1.165) is 0 Å². The molecule has 2 radical (unpaired) electrons. The van der Waals surface area contributed by atoms with Gasteiger partial charge in [-0.25, -0.2) is 0 Å². The summed E-state index contributed by atoms with van der Waals surface area (Å²) >= 11 is 0. The Labute approximate surface area is 67.5 Å². The van der Waals surface area contributed by atoms with Gasteiger partial charge < -0.3 is 0 Å². The van der Waals surface area contributed by atoms with Crippen LogP contribution in [0.2, 0.25) is 12.1 Å². The predicted molar refractivity (Wildman–Crippen MR) is 49.7 cm³/mol. The van der Waals surface area contributed by atoms with Crippen LogP contribution in [0, 0.1) is 0 Å². The van der Waals surface area contributed by atoms with Gasteiger partial charge in [-0.3, -0.25) is 0 Å². The molecule has 0 saturated heterocycles. The number of hydrogen-bond acceptors (Lipinski definition) is 0. The topological polar surface area (TPSA) is 0 Å². The van der Waals surface area contributed by atoms with Gasteiger partial charge in [-0.2, -0.15) is 0 Å². The summed E-state index contributed by atoms with van der Waals surface area (Å²) in [5, 5.41) is 0. The number of allylic oxidation sites excluding steroid dienone is 2. The van der Waals surface area contributed by atoms with Gasteiger partial charge in [0.1, 0.15) is 0 Å². The van der Waals surface area contributed by atoms with Crippen LogP contribution in [-0.2, 0) is 0 Å². The first-order valence-corrected chi connectivity index (χ1v) is 5.65. The molecule has 0 spiro atoms. The molecule has 0 aromatic rings. The molecular weight excluding hydrogens is 136 g/mol. The summed E-state index contributed by atoms with van der Waals surface area (Å²) in [5.41, 5.74) is 0. The van der Waals surface area contributed by atoms with Crippen molar-refractivity contribution in [2.75, 3.05) is 0 Å². The highest BCUT2D eigenvalue weighted by Gasteiger charge is 1.86. The van der Waals surface area contributed by atoms with E-state index >= 15 is 0 Å². The Morgan fingerprint density at radius 1 is 1.30 bits per heavy atom. The Balaban J connectivity index is 2.77. The monoisotopic (exact) mass is 154 g/mol. The zero-order valence-corrected chi connectivity index (χ0v) is 8.19. The van der Waals surface area contributed by atoms with Gasteiger partial charge in [-0.15, -0.1) is 0 Å². The van der Waals surface area contributed by atoms with E-state index in [1.54, 1.807) is 0 Å². The van der Waals surface area contributed by atoms with Crippen LogP contribution in [0.1, 0.15) is 33.1 Å². The van der Waals surface area contributed by atoms with E-state index in [0.29, 0.717) is 0 Å². The lowest BCUT2D eigenvalue weighted by Gasteiger charge is -1.93. The van der Waals surface area contributed by atoms with Gasteiger partial charge >= 0.3 is 0 Å². The smallest absolute Gasteiger partial charge is 0.0381 e. The fourth-order valence-electron chi connectivity index (χ4n) is 0.779. The van der Waals surface area contributed by atoms with E-state index in [1.807, 2.05) is 0 Å². The van der Waals surface area contributed by atoms with E-state index < -0.39 is 0 Å². The van der Waals surface area contributed by atoms with Gasteiger partial charge in [0.05, 0.1) is 0 Å². The first-order chi connectivity index (χ1) is 4.91. The lowest BCUT2D eigenvalue weighted by atomic mass is 10.4. The fourth-order valence-corrected chi connectivity index (χ4v) is 2.00. The summed E-state index contributed by atoms with van der Waals surface area (Å²) in [6.45, 7) is 4.35. The summed E-state index contributed by atoms with van der Waals surface area (Å²) in [7, 11) is 1.20. The van der Waals surface area contributed by atoms with Crippen molar-refractivity contribution in [1.29, 1.82) is 0 Å². The lowest BCUT2D eigenvalue weighted by molar-refractivity contribution is 0.876. The Morgan fingerprint density at radius 2 is 2.10 bits per heavy atom. The van der Waals surface area contributed by atoms with Crippen LogP contribution in [0.25, 0.3) is 0 Å². The van der Waals surface area contributed by atoms with Crippen molar-refractivity contribution in [3.8, 4) is 0 Å². The first-order valence-electron chi connectivity index (χ1n) is 4.23. The Kier molecular flexibility index (Phi) is 8.92. The van der Waals surface area contributed by atoms with Crippen molar-refractivity contribution < 1.29 is 0 Å². The van der Waals surface area contributed by atoms with Gasteiger partial charge in [0, 0.05) is 9.52 Å². The highest BCUT2D eigenvalue weighted by atomic mass is 28.2. The average Bonchev–Trinajstić information content (AvgIpc) is 1.97. The summed E-state index contributed by atoms with van der Waals surface area (Å²) in [6.07, 6.45) is 8.48. The van der Waals surface area contributed by atoms with Crippen LogP contribution in [0.15, 0.2) is 12.2 Å². The van der Waals surface area contributed by atoms with E-state index in [-0.39, 0.29) is 0 Å². The summed E-state index contributed by atoms with van der Waals surface area (Å²) in [5.74, 6) is 0. The van der Waals surface area contributed by atoms with Gasteiger partial charge in [0.2, 0.25) is 0 Å². The number of rotatable bonds is 6. The Morgan fingerprint density at radius 3 is 2.70 bits per heavy atom. The molecule has 0 saturated carbocycles. The minimum absolute atomic E-state index is 1.20. The minimum atomic E-state index is 1.20. The lowest BCUT2D eigenvalue weighted by Crippen LogP contribution is -1.86. The SMILES string of the molecule is C/C=C/CC[Si]CCCC. The largest absolute Gasteiger partial charge is 0.0917 e. The maximum atomic E-state index is 2.26. The third kappa shape index (κ3) is 7.96. The van der Waals surface area contributed by atoms with Crippen LogP contribution in [0.3, 0.4) is 0 Å². The van der Waals surface area contributed by atoms with Crippen molar-refractivity contribution >= 4 is 9.52 Å². The molecule has 0 nitrogen and oxygen atoms in total. The highest BCUT2D eigenvalue weighted by Crippen LogP contribution is 1.98. The molecule has 0 fully saturated rings. The van der Waals surface area contributed by atoms with Crippen LogP contribution in [-0.4, -0.2) is 9.52 Å². The molecule has 0 aliphatic carbocycles. The van der Waals surface area contributed by atoms with E-state index in [2.05, 4.69) is 26.0 Å². The molecule has 0 aromatic carbocycles. The summed E-state index contributed by atoms with van der Waals surface area (Å²) in [4.78, 5) is 0. The molecule has 0 rings (SSSR count). The normalized spacial score (nSPS) is 11.0. The number of unbranched alkanes of at least 4 members (excludes halogenated alkanes) is 1. The summed E-state index contributed by atoms with van der Waals surface area (Å²) < 4.78 is 0. The molecule has 0 atom stereocenters. The van der Waals surface area contributed by atoms with Crippen molar-refractivity contribution in [2.24, 2.45) is 0 Å². The zero-order chi connectivity index (χ0) is 7.66. The van der Waals surface area contributed by atoms with Crippen LogP contribution in [0.5, 0.6) is 0 Å².